The molecule has 100 valence electrons. The number of aromatic nitrogens is 2. The molecule has 1 aromatic heterocycles. The normalized spacial score (nSPS) is 12.1. The molecule has 0 aliphatic heterocycles. The van der Waals surface area contributed by atoms with Gasteiger partial charge in [0, 0.05) is 24.9 Å². The van der Waals surface area contributed by atoms with E-state index in [0.717, 1.165) is 5.56 Å². The molecule has 5 heteroatoms. The number of amides is 1. The first-order valence-electron chi connectivity index (χ1n) is 6.26. The van der Waals surface area contributed by atoms with E-state index in [2.05, 4.69) is 10.3 Å². The molecule has 1 heterocycles. The smallest absolute Gasteiger partial charge is 0.230 e. The molecule has 2 rings (SSSR count). The van der Waals surface area contributed by atoms with Crippen LogP contribution in [0, 0.1) is 5.92 Å². The van der Waals surface area contributed by atoms with Crippen LogP contribution in [0.4, 0.5) is 5.95 Å². The Hall–Kier alpha value is -2.14. The number of anilines is 1. The van der Waals surface area contributed by atoms with Crippen LogP contribution in [-0.4, -0.2) is 22.0 Å². The van der Waals surface area contributed by atoms with Gasteiger partial charge in [0.25, 0.3) is 0 Å². The molecular formula is C14H18N4O. The molecule has 0 spiro atoms. The van der Waals surface area contributed by atoms with Gasteiger partial charge in [0.1, 0.15) is 0 Å². The molecule has 1 amide bonds. The van der Waals surface area contributed by atoms with Gasteiger partial charge in [-0.25, -0.2) is 4.98 Å². The Labute approximate surface area is 112 Å². The Morgan fingerprint density at radius 3 is 2.84 bits per heavy atom. The van der Waals surface area contributed by atoms with Crippen LogP contribution >= 0.6 is 0 Å². The molecule has 0 fully saturated rings. The summed E-state index contributed by atoms with van der Waals surface area (Å²) < 4.78 is 1.90. The number of nitrogens with one attached hydrogen (secondary N) is 1. The fourth-order valence-corrected chi connectivity index (χ4v) is 1.68. The average molecular weight is 258 g/mol. The molecule has 5 nitrogen and oxygen atoms in total. The molecule has 2 aromatic rings. The van der Waals surface area contributed by atoms with Crippen LogP contribution in [0.2, 0.25) is 0 Å². The van der Waals surface area contributed by atoms with E-state index in [1.165, 1.54) is 0 Å². The lowest BCUT2D eigenvalue weighted by Gasteiger charge is -2.11. The largest absolute Gasteiger partial charge is 0.330 e. The number of nitrogens with zero attached hydrogens (tertiary/aromatic N) is 2. The number of hydrogen-bond donors (Lipinski definition) is 2. The molecule has 0 bridgehead atoms. The van der Waals surface area contributed by atoms with Crippen molar-refractivity contribution in [3.63, 3.8) is 0 Å². The Bertz CT molecular complexity index is 535. The van der Waals surface area contributed by atoms with E-state index in [-0.39, 0.29) is 11.8 Å². The van der Waals surface area contributed by atoms with Crippen LogP contribution in [0.1, 0.15) is 12.5 Å². The highest BCUT2D eigenvalue weighted by atomic mass is 16.2. The van der Waals surface area contributed by atoms with E-state index in [0.29, 0.717) is 19.0 Å². The lowest BCUT2D eigenvalue weighted by atomic mass is 10.2. The summed E-state index contributed by atoms with van der Waals surface area (Å²) >= 11 is 0. The summed E-state index contributed by atoms with van der Waals surface area (Å²) in [4.78, 5) is 16.0. The zero-order chi connectivity index (χ0) is 13.7. The van der Waals surface area contributed by atoms with Gasteiger partial charge in [0.15, 0.2) is 0 Å². The summed E-state index contributed by atoms with van der Waals surface area (Å²) in [7, 11) is 0. The van der Waals surface area contributed by atoms with Crippen molar-refractivity contribution in [2.45, 2.75) is 13.5 Å². The maximum atomic E-state index is 11.8. The monoisotopic (exact) mass is 258 g/mol. The van der Waals surface area contributed by atoms with Crippen molar-refractivity contribution in [1.82, 2.24) is 9.55 Å². The Morgan fingerprint density at radius 1 is 1.42 bits per heavy atom. The molecule has 19 heavy (non-hydrogen) atoms. The fourth-order valence-electron chi connectivity index (χ4n) is 1.68. The second-order valence-electron chi connectivity index (χ2n) is 4.49. The topological polar surface area (TPSA) is 72.9 Å². The van der Waals surface area contributed by atoms with E-state index in [1.54, 1.807) is 13.1 Å². The van der Waals surface area contributed by atoms with Crippen LogP contribution < -0.4 is 11.1 Å². The standard InChI is InChI=1S/C14H18N4O/c1-11(9-15)13(19)17-14-16-7-8-18(14)10-12-5-3-2-4-6-12/h2-8,11H,9-10,15H2,1H3,(H,16,17,19). The summed E-state index contributed by atoms with van der Waals surface area (Å²) in [5.74, 6) is 0.221. The average Bonchev–Trinajstić information content (AvgIpc) is 2.86. The summed E-state index contributed by atoms with van der Waals surface area (Å²) in [6.45, 7) is 2.79. The molecule has 0 radical (unpaired) electrons. The zero-order valence-corrected chi connectivity index (χ0v) is 10.9. The molecule has 0 saturated carbocycles. The van der Waals surface area contributed by atoms with Crippen LogP contribution in [0.5, 0.6) is 0 Å². The molecule has 3 N–H and O–H groups in total. The molecular weight excluding hydrogens is 240 g/mol. The highest BCUT2D eigenvalue weighted by Crippen LogP contribution is 2.10. The lowest BCUT2D eigenvalue weighted by Crippen LogP contribution is -2.28. The molecule has 0 aliphatic carbocycles. The first-order chi connectivity index (χ1) is 9.20. The number of carbonyl (C=O) groups is 1. The third-order valence-electron chi connectivity index (χ3n) is 2.95. The maximum absolute atomic E-state index is 11.8. The minimum Gasteiger partial charge on any atom is -0.330 e. The van der Waals surface area contributed by atoms with E-state index >= 15 is 0 Å². The van der Waals surface area contributed by atoms with E-state index in [1.807, 2.05) is 41.1 Å². The first-order valence-corrected chi connectivity index (χ1v) is 6.26. The van der Waals surface area contributed by atoms with Gasteiger partial charge in [-0.1, -0.05) is 37.3 Å². The van der Waals surface area contributed by atoms with Crippen molar-refractivity contribution >= 4 is 11.9 Å². The number of nitrogens with two attached hydrogens (primary N) is 1. The number of hydrogen-bond acceptors (Lipinski definition) is 3. The van der Waals surface area contributed by atoms with Crippen LogP contribution in [0.15, 0.2) is 42.7 Å². The van der Waals surface area contributed by atoms with Crippen LogP contribution in [0.3, 0.4) is 0 Å². The van der Waals surface area contributed by atoms with Crippen molar-refractivity contribution in [2.24, 2.45) is 11.7 Å². The zero-order valence-electron chi connectivity index (χ0n) is 10.9. The number of rotatable bonds is 5. The van der Waals surface area contributed by atoms with Gasteiger partial charge in [0.2, 0.25) is 11.9 Å². The molecule has 1 aromatic carbocycles. The molecule has 0 aliphatic rings. The van der Waals surface area contributed by atoms with Gasteiger partial charge >= 0.3 is 0 Å². The van der Waals surface area contributed by atoms with Crippen molar-refractivity contribution in [3.05, 3.63) is 48.3 Å². The third-order valence-corrected chi connectivity index (χ3v) is 2.95. The van der Waals surface area contributed by atoms with Crippen molar-refractivity contribution in [2.75, 3.05) is 11.9 Å². The second kappa shape index (κ2) is 6.15. The number of carbonyl (C=O) groups excluding carboxylic acids is 1. The SMILES string of the molecule is CC(CN)C(=O)Nc1nccn1Cc1ccccc1. The molecule has 1 unspecified atom stereocenters. The minimum atomic E-state index is -0.220. The van der Waals surface area contributed by atoms with Gasteiger partial charge in [-0.2, -0.15) is 0 Å². The summed E-state index contributed by atoms with van der Waals surface area (Å²) in [6.07, 6.45) is 3.52. The Morgan fingerprint density at radius 2 is 2.16 bits per heavy atom. The van der Waals surface area contributed by atoms with Crippen LogP contribution in [0.25, 0.3) is 0 Å². The molecule has 1 atom stereocenters. The summed E-state index contributed by atoms with van der Waals surface area (Å²) in [6, 6.07) is 10.0. The number of benzene rings is 1. The van der Waals surface area contributed by atoms with Gasteiger partial charge in [-0.05, 0) is 5.56 Å². The molecule has 0 saturated heterocycles. The highest BCUT2D eigenvalue weighted by Gasteiger charge is 2.13. The summed E-state index contributed by atoms with van der Waals surface area (Å²) in [5, 5.41) is 2.79. The third kappa shape index (κ3) is 3.42. The fraction of sp³-hybridized carbons (Fsp3) is 0.286. The van der Waals surface area contributed by atoms with E-state index < -0.39 is 0 Å². The van der Waals surface area contributed by atoms with Gasteiger partial charge < -0.3 is 10.3 Å². The van der Waals surface area contributed by atoms with Crippen molar-refractivity contribution < 1.29 is 4.79 Å². The Kier molecular flexibility index (Phi) is 4.30. The quantitative estimate of drug-likeness (QED) is 0.853. The predicted molar refractivity (Wildman–Crippen MR) is 74.6 cm³/mol. The Balaban J connectivity index is 2.08. The lowest BCUT2D eigenvalue weighted by molar-refractivity contribution is -0.119. The van der Waals surface area contributed by atoms with Gasteiger partial charge in [-0.3, -0.25) is 10.1 Å². The van der Waals surface area contributed by atoms with E-state index in [9.17, 15) is 4.79 Å². The van der Waals surface area contributed by atoms with Crippen molar-refractivity contribution in [1.29, 1.82) is 0 Å². The predicted octanol–water partition coefficient (Wildman–Crippen LogP) is 1.46. The van der Waals surface area contributed by atoms with Gasteiger partial charge in [-0.15, -0.1) is 0 Å². The van der Waals surface area contributed by atoms with E-state index in [4.69, 9.17) is 5.73 Å². The minimum absolute atomic E-state index is 0.108. The maximum Gasteiger partial charge on any atom is 0.230 e. The van der Waals surface area contributed by atoms with Crippen LogP contribution in [-0.2, 0) is 11.3 Å². The first kappa shape index (κ1) is 13.3. The van der Waals surface area contributed by atoms with Crippen molar-refractivity contribution in [3.8, 4) is 0 Å². The highest BCUT2D eigenvalue weighted by molar-refractivity contribution is 5.90. The second-order valence-corrected chi connectivity index (χ2v) is 4.49. The number of imidazole rings is 1. The van der Waals surface area contributed by atoms with Gasteiger partial charge in [0.05, 0.1) is 6.54 Å². The summed E-state index contributed by atoms with van der Waals surface area (Å²) in [5.41, 5.74) is 6.63.